The smallest absolute Gasteiger partial charge is 0.460 e. The molecule has 3 N–H and O–H groups in total. The number of ether oxygens (including phenoxy) is 1. The van der Waals surface area contributed by atoms with E-state index in [-0.39, 0.29) is 5.56 Å². The molecule has 0 aliphatic rings. The molecule has 0 unspecified atom stereocenters. The Morgan fingerprint density at radius 3 is 1.45 bits per heavy atom. The lowest BCUT2D eigenvalue weighted by Crippen LogP contribution is -2.74. The van der Waals surface area contributed by atoms with Gasteiger partial charge in [0.15, 0.2) is 0 Å². The molecule has 1 atom stereocenters. The molecule has 0 fully saturated rings. The van der Waals surface area contributed by atoms with E-state index in [1.165, 1.54) is 0 Å². The van der Waals surface area contributed by atoms with Gasteiger partial charge in [0.1, 0.15) is 12.6 Å². The second-order valence-corrected chi connectivity index (χ2v) is 9.51. The Labute approximate surface area is 249 Å². The number of nitrogens with one attached hydrogen (secondary N) is 1. The Bertz CT molecular complexity index is 1280. The SMILES string of the molecule is O=C(O)CC[C@H](NC(=O)OCc1ccc(CCC(F)(F)C(F)(F)C(F)(F)C(F)(F)C(F)(F)C(F)(F)C(F)(F)C(F)(F)F)cc1)C(=O)O. The number of alkyl halides is 17. The van der Waals surface area contributed by atoms with Crippen molar-refractivity contribution in [2.45, 2.75) is 86.0 Å². The molecule has 0 aliphatic heterocycles. The zero-order chi connectivity index (χ0) is 37.2. The molecule has 1 amide bonds. The maximum atomic E-state index is 14.1. The first-order valence-corrected chi connectivity index (χ1v) is 12.0. The van der Waals surface area contributed by atoms with Crippen molar-refractivity contribution in [1.82, 2.24) is 5.32 Å². The van der Waals surface area contributed by atoms with Crippen LogP contribution in [-0.4, -0.2) is 81.9 Å². The lowest BCUT2D eigenvalue weighted by Gasteiger charge is -2.42. The Morgan fingerprint density at radius 1 is 0.638 bits per heavy atom. The molecule has 24 heteroatoms. The number of alkyl carbamates (subject to hydrolysis) is 1. The van der Waals surface area contributed by atoms with Gasteiger partial charge in [-0.25, -0.2) is 9.59 Å². The summed E-state index contributed by atoms with van der Waals surface area (Å²) in [5.41, 5.74) is -0.603. The van der Waals surface area contributed by atoms with E-state index in [1.54, 1.807) is 5.32 Å². The molecule has 0 radical (unpaired) electrons. The Balaban J connectivity index is 3.08. The fourth-order valence-electron chi connectivity index (χ4n) is 3.31. The van der Waals surface area contributed by atoms with Crippen molar-refractivity contribution in [3.8, 4) is 0 Å². The summed E-state index contributed by atoms with van der Waals surface area (Å²) >= 11 is 0. The van der Waals surface area contributed by atoms with Crippen LogP contribution in [0.25, 0.3) is 0 Å². The zero-order valence-electron chi connectivity index (χ0n) is 22.4. The van der Waals surface area contributed by atoms with E-state index in [0.717, 1.165) is 24.3 Å². The molecule has 7 nitrogen and oxygen atoms in total. The van der Waals surface area contributed by atoms with Crippen LogP contribution in [0, 0.1) is 0 Å². The second-order valence-electron chi connectivity index (χ2n) is 9.51. The van der Waals surface area contributed by atoms with Gasteiger partial charge in [-0.1, -0.05) is 24.3 Å². The van der Waals surface area contributed by atoms with Gasteiger partial charge in [-0.2, -0.15) is 74.6 Å². The van der Waals surface area contributed by atoms with Crippen molar-refractivity contribution < 1.29 is 104 Å². The number of aliphatic carboxylic acids is 2. The standard InChI is InChI=1S/C23H18F17NO6/c24-16(25,17(26,27)18(28,29)19(30,31)20(32,33)21(34,35)22(36,37)23(38,39)40)8-7-10-1-3-11(4-2-10)9-47-15(46)41-12(14(44)45)5-6-13(42)43/h1-4,12H,5-9H2,(H,41,46)(H,42,43)(H,44,45)/t12-/m0/s1. The minimum atomic E-state index is -8.70. The van der Waals surface area contributed by atoms with E-state index < -0.39 is 110 Å². The van der Waals surface area contributed by atoms with Crippen LogP contribution in [0.1, 0.15) is 30.4 Å². The van der Waals surface area contributed by atoms with E-state index in [4.69, 9.17) is 10.2 Å². The van der Waals surface area contributed by atoms with Gasteiger partial charge in [0.05, 0.1) is 0 Å². The maximum absolute atomic E-state index is 14.1. The average molecular weight is 727 g/mol. The molecule has 0 saturated carbocycles. The predicted molar refractivity (Wildman–Crippen MR) is 117 cm³/mol. The summed E-state index contributed by atoms with van der Waals surface area (Å²) in [4.78, 5) is 33.3. The fraction of sp³-hybridized carbons (Fsp3) is 0.609. The molecular formula is C23H18F17NO6. The summed E-state index contributed by atoms with van der Waals surface area (Å²) in [5, 5.41) is 19.3. The van der Waals surface area contributed by atoms with Crippen molar-refractivity contribution in [2.75, 3.05) is 0 Å². The molecule has 0 heterocycles. The number of hydrogen-bond acceptors (Lipinski definition) is 4. The number of halogens is 17. The monoisotopic (exact) mass is 727 g/mol. The summed E-state index contributed by atoms with van der Waals surface area (Å²) < 4.78 is 232. The quantitative estimate of drug-likeness (QED) is 0.156. The Hall–Kier alpha value is -3.76. The molecule has 0 saturated heterocycles. The second kappa shape index (κ2) is 13.4. The third kappa shape index (κ3) is 7.87. The molecular weight excluding hydrogens is 709 g/mol. The summed E-state index contributed by atoms with van der Waals surface area (Å²) in [6, 6.07) is 1.52. The van der Waals surface area contributed by atoms with E-state index in [1.807, 2.05) is 0 Å². The zero-order valence-corrected chi connectivity index (χ0v) is 22.4. The molecule has 1 rings (SSSR count). The van der Waals surface area contributed by atoms with Crippen LogP contribution in [0.3, 0.4) is 0 Å². The molecule has 270 valence electrons. The molecule has 1 aromatic carbocycles. The van der Waals surface area contributed by atoms with Crippen molar-refractivity contribution in [3.05, 3.63) is 35.4 Å². The number of benzene rings is 1. The molecule has 47 heavy (non-hydrogen) atoms. The van der Waals surface area contributed by atoms with E-state index in [2.05, 4.69) is 4.74 Å². The van der Waals surface area contributed by atoms with Crippen LogP contribution in [0.5, 0.6) is 0 Å². The van der Waals surface area contributed by atoms with Gasteiger partial charge in [-0.05, 0) is 24.0 Å². The largest absolute Gasteiger partial charge is 0.481 e. The van der Waals surface area contributed by atoms with E-state index >= 15 is 0 Å². The number of hydrogen-bond donors (Lipinski definition) is 3. The van der Waals surface area contributed by atoms with Crippen molar-refractivity contribution in [2.24, 2.45) is 0 Å². The van der Waals surface area contributed by atoms with Crippen LogP contribution in [0.15, 0.2) is 24.3 Å². The van der Waals surface area contributed by atoms with Gasteiger partial charge in [-0.15, -0.1) is 0 Å². The van der Waals surface area contributed by atoms with Gasteiger partial charge in [0, 0.05) is 12.8 Å². The first-order chi connectivity index (χ1) is 20.8. The topological polar surface area (TPSA) is 113 Å². The van der Waals surface area contributed by atoms with Crippen LogP contribution in [0.2, 0.25) is 0 Å². The molecule has 1 aromatic rings. The fourth-order valence-corrected chi connectivity index (χ4v) is 3.31. The number of carbonyl (C=O) groups excluding carboxylic acids is 1. The molecule has 0 aromatic heterocycles. The van der Waals surface area contributed by atoms with Crippen LogP contribution in [-0.2, 0) is 27.4 Å². The Morgan fingerprint density at radius 2 is 1.04 bits per heavy atom. The number of carboxylic acid groups (broad SMARTS) is 2. The highest BCUT2D eigenvalue weighted by molar-refractivity contribution is 5.80. The van der Waals surface area contributed by atoms with Gasteiger partial charge in [-0.3, -0.25) is 4.79 Å². The highest BCUT2D eigenvalue weighted by Crippen LogP contribution is 2.64. The van der Waals surface area contributed by atoms with E-state index in [9.17, 15) is 89.0 Å². The van der Waals surface area contributed by atoms with Crippen LogP contribution >= 0.6 is 0 Å². The molecule has 0 bridgehead atoms. The summed E-state index contributed by atoms with van der Waals surface area (Å²) in [7, 11) is 0. The maximum Gasteiger partial charge on any atom is 0.460 e. The third-order valence-electron chi connectivity index (χ3n) is 6.14. The third-order valence-corrected chi connectivity index (χ3v) is 6.14. The molecule has 0 spiro atoms. The number of aryl methyl sites for hydroxylation is 1. The van der Waals surface area contributed by atoms with Crippen molar-refractivity contribution in [1.29, 1.82) is 0 Å². The minimum absolute atomic E-state index is 0.0663. The van der Waals surface area contributed by atoms with Crippen molar-refractivity contribution in [3.63, 3.8) is 0 Å². The average Bonchev–Trinajstić information content (AvgIpc) is 2.92. The number of rotatable bonds is 16. The number of amides is 1. The Kier molecular flexibility index (Phi) is 11.8. The number of carboxylic acids is 2. The van der Waals surface area contributed by atoms with Crippen LogP contribution in [0.4, 0.5) is 79.4 Å². The first-order valence-electron chi connectivity index (χ1n) is 12.0. The van der Waals surface area contributed by atoms with Crippen LogP contribution < -0.4 is 5.32 Å². The summed E-state index contributed by atoms with van der Waals surface area (Å²) in [6.07, 6.45) is -14.6. The summed E-state index contributed by atoms with van der Waals surface area (Å²) in [6.45, 7) is -0.723. The van der Waals surface area contributed by atoms with Gasteiger partial charge in [0.25, 0.3) is 0 Å². The highest BCUT2D eigenvalue weighted by atomic mass is 19.4. The molecule has 0 aliphatic carbocycles. The summed E-state index contributed by atoms with van der Waals surface area (Å²) in [5.74, 6) is -59.9. The normalized spacial score (nSPS) is 14.8. The van der Waals surface area contributed by atoms with Gasteiger partial charge in [0.2, 0.25) is 0 Å². The van der Waals surface area contributed by atoms with Crippen molar-refractivity contribution >= 4 is 18.0 Å². The lowest BCUT2D eigenvalue weighted by molar-refractivity contribution is -0.461. The number of carbonyl (C=O) groups is 3. The van der Waals surface area contributed by atoms with E-state index in [0.29, 0.717) is 0 Å². The van der Waals surface area contributed by atoms with Gasteiger partial charge >= 0.3 is 65.7 Å². The van der Waals surface area contributed by atoms with Gasteiger partial charge < -0.3 is 20.3 Å². The predicted octanol–water partition coefficient (Wildman–Crippen LogP) is 7.17. The first kappa shape index (κ1) is 41.3. The minimum Gasteiger partial charge on any atom is -0.481 e. The highest BCUT2D eigenvalue weighted by Gasteiger charge is 2.95. The lowest BCUT2D eigenvalue weighted by atomic mass is 9.87.